The summed E-state index contributed by atoms with van der Waals surface area (Å²) in [4.78, 5) is 0.0145. The largest absolute Gasteiger partial charge is 0.497 e. The number of rotatable bonds is 4. The van der Waals surface area contributed by atoms with E-state index in [2.05, 4.69) is 0 Å². The van der Waals surface area contributed by atoms with Gasteiger partial charge in [0.15, 0.2) is 0 Å². The Morgan fingerprint density at radius 1 is 0.957 bits per heavy atom. The van der Waals surface area contributed by atoms with Crippen LogP contribution in [-0.4, -0.2) is 22.6 Å². The van der Waals surface area contributed by atoms with E-state index in [0.29, 0.717) is 5.75 Å². The summed E-state index contributed by atoms with van der Waals surface area (Å²) >= 11 is 0. The highest BCUT2D eigenvalue weighted by atomic mass is 32.2. The molecule has 2 rings (SSSR count). The maximum Gasteiger partial charge on any atom is 0.416 e. The molecule has 0 aromatic heterocycles. The minimum absolute atomic E-state index is 0.0145. The number of methoxy groups -OCH3 is 1. The van der Waals surface area contributed by atoms with Crippen LogP contribution in [0.15, 0.2) is 53.4 Å². The Morgan fingerprint density at radius 3 is 1.91 bits per heavy atom. The molecule has 0 amide bonds. The number of sulfonamides is 1. The summed E-state index contributed by atoms with van der Waals surface area (Å²) in [6.45, 7) is 0. The molecule has 4 nitrogen and oxygen atoms in total. The lowest BCUT2D eigenvalue weighted by Gasteiger charge is -2.20. The van der Waals surface area contributed by atoms with Gasteiger partial charge in [0.1, 0.15) is 5.75 Å². The van der Waals surface area contributed by atoms with Crippen LogP contribution in [0.4, 0.5) is 18.9 Å². The van der Waals surface area contributed by atoms with E-state index in [1.165, 1.54) is 38.4 Å². The molecular formula is C15H14F3NO3S. The van der Waals surface area contributed by atoms with Crippen LogP contribution in [0.25, 0.3) is 0 Å². The van der Waals surface area contributed by atoms with E-state index in [0.717, 1.165) is 28.6 Å². The van der Waals surface area contributed by atoms with Crippen molar-refractivity contribution in [2.45, 2.75) is 11.1 Å². The molecule has 0 aliphatic carbocycles. The van der Waals surface area contributed by atoms with E-state index in [4.69, 9.17) is 4.74 Å². The van der Waals surface area contributed by atoms with Crippen molar-refractivity contribution in [2.75, 3.05) is 18.5 Å². The van der Waals surface area contributed by atoms with Gasteiger partial charge < -0.3 is 4.74 Å². The van der Waals surface area contributed by atoms with Gasteiger partial charge in [0, 0.05) is 7.05 Å². The van der Waals surface area contributed by atoms with Gasteiger partial charge in [-0.1, -0.05) is 0 Å². The average molecular weight is 345 g/mol. The first-order chi connectivity index (χ1) is 10.7. The van der Waals surface area contributed by atoms with Crippen molar-refractivity contribution in [2.24, 2.45) is 0 Å². The second kappa shape index (κ2) is 6.11. The molecule has 124 valence electrons. The Kier molecular flexibility index (Phi) is 4.56. The van der Waals surface area contributed by atoms with Crippen LogP contribution in [0, 0.1) is 0 Å². The van der Waals surface area contributed by atoms with Crippen LogP contribution in [0.2, 0.25) is 0 Å². The molecule has 0 aliphatic heterocycles. The fraction of sp³-hybridized carbons (Fsp3) is 0.200. The summed E-state index contributed by atoms with van der Waals surface area (Å²) in [6.07, 6.45) is -4.47. The molecule has 23 heavy (non-hydrogen) atoms. The molecule has 0 aliphatic rings. The van der Waals surface area contributed by atoms with Crippen molar-refractivity contribution in [3.63, 3.8) is 0 Å². The van der Waals surface area contributed by atoms with Gasteiger partial charge >= 0.3 is 6.18 Å². The molecule has 0 unspecified atom stereocenters. The molecule has 0 spiro atoms. The Morgan fingerprint density at radius 2 is 1.48 bits per heavy atom. The second-order valence-electron chi connectivity index (χ2n) is 4.69. The molecular weight excluding hydrogens is 331 g/mol. The van der Waals surface area contributed by atoms with Gasteiger partial charge in [-0.05, 0) is 48.5 Å². The lowest BCUT2D eigenvalue weighted by atomic mass is 10.2. The van der Waals surface area contributed by atoms with Crippen LogP contribution < -0.4 is 9.04 Å². The highest BCUT2D eigenvalue weighted by Crippen LogP contribution is 2.31. The molecule has 0 radical (unpaired) electrons. The minimum atomic E-state index is -4.47. The van der Waals surface area contributed by atoms with Gasteiger partial charge in [0.2, 0.25) is 0 Å². The van der Waals surface area contributed by atoms with E-state index < -0.39 is 21.8 Å². The van der Waals surface area contributed by atoms with Crippen molar-refractivity contribution in [3.05, 3.63) is 54.1 Å². The number of benzene rings is 2. The maximum atomic E-state index is 12.5. The van der Waals surface area contributed by atoms with Crippen molar-refractivity contribution < 1.29 is 26.3 Å². The summed E-state index contributed by atoms with van der Waals surface area (Å²) in [6, 6.07) is 9.64. The third kappa shape index (κ3) is 3.58. The quantitative estimate of drug-likeness (QED) is 0.851. The SMILES string of the molecule is COc1ccc(S(=O)(=O)N(C)c2ccc(C(F)(F)F)cc2)cc1. The predicted octanol–water partition coefficient (Wildman–Crippen LogP) is 3.54. The van der Waals surface area contributed by atoms with Crippen LogP contribution in [0.3, 0.4) is 0 Å². The zero-order valence-corrected chi connectivity index (χ0v) is 13.1. The fourth-order valence-corrected chi connectivity index (χ4v) is 3.10. The van der Waals surface area contributed by atoms with Gasteiger partial charge in [0.05, 0.1) is 23.3 Å². The Bertz CT molecular complexity index is 769. The zero-order valence-electron chi connectivity index (χ0n) is 12.3. The number of hydrogen-bond acceptors (Lipinski definition) is 3. The van der Waals surface area contributed by atoms with E-state index in [1.807, 2.05) is 0 Å². The monoisotopic (exact) mass is 345 g/mol. The first-order valence-corrected chi connectivity index (χ1v) is 7.90. The Hall–Kier alpha value is -2.22. The minimum Gasteiger partial charge on any atom is -0.497 e. The summed E-state index contributed by atoms with van der Waals surface area (Å²) in [7, 11) is -1.13. The van der Waals surface area contributed by atoms with Crippen molar-refractivity contribution in [3.8, 4) is 5.75 Å². The number of halogens is 3. The molecule has 2 aromatic carbocycles. The van der Waals surface area contributed by atoms with E-state index in [9.17, 15) is 21.6 Å². The molecule has 0 atom stereocenters. The molecule has 2 aromatic rings. The Balaban J connectivity index is 2.32. The van der Waals surface area contributed by atoms with Crippen LogP contribution in [-0.2, 0) is 16.2 Å². The first-order valence-electron chi connectivity index (χ1n) is 6.46. The van der Waals surface area contributed by atoms with Gasteiger partial charge in [-0.3, -0.25) is 4.31 Å². The maximum absolute atomic E-state index is 12.5. The van der Waals surface area contributed by atoms with Gasteiger partial charge in [-0.25, -0.2) is 8.42 Å². The fourth-order valence-electron chi connectivity index (χ4n) is 1.90. The number of ether oxygens (including phenoxy) is 1. The van der Waals surface area contributed by atoms with Gasteiger partial charge in [-0.15, -0.1) is 0 Å². The second-order valence-corrected chi connectivity index (χ2v) is 6.66. The topological polar surface area (TPSA) is 46.6 Å². The number of hydrogen-bond donors (Lipinski definition) is 0. The third-order valence-corrected chi connectivity index (χ3v) is 5.08. The van der Waals surface area contributed by atoms with E-state index >= 15 is 0 Å². The van der Waals surface area contributed by atoms with Crippen molar-refractivity contribution in [1.82, 2.24) is 0 Å². The summed E-state index contributed by atoms with van der Waals surface area (Å²) in [5, 5.41) is 0. The molecule has 0 saturated heterocycles. The summed E-state index contributed by atoms with van der Waals surface area (Å²) < 4.78 is 68.5. The van der Waals surface area contributed by atoms with Crippen molar-refractivity contribution >= 4 is 15.7 Å². The van der Waals surface area contributed by atoms with Crippen LogP contribution in [0.1, 0.15) is 5.56 Å². The summed E-state index contributed by atoms with van der Waals surface area (Å²) in [5.41, 5.74) is -0.703. The number of alkyl halides is 3. The van der Waals surface area contributed by atoms with Crippen LogP contribution in [0.5, 0.6) is 5.75 Å². The normalized spacial score (nSPS) is 12.0. The smallest absolute Gasteiger partial charge is 0.416 e. The highest BCUT2D eigenvalue weighted by molar-refractivity contribution is 7.92. The predicted molar refractivity (Wildman–Crippen MR) is 80.0 cm³/mol. The molecule has 0 fully saturated rings. The lowest BCUT2D eigenvalue weighted by molar-refractivity contribution is -0.137. The average Bonchev–Trinajstić information content (AvgIpc) is 2.53. The van der Waals surface area contributed by atoms with E-state index in [1.54, 1.807) is 0 Å². The highest BCUT2D eigenvalue weighted by Gasteiger charge is 2.30. The summed E-state index contributed by atoms with van der Waals surface area (Å²) in [5.74, 6) is 0.501. The molecule has 0 heterocycles. The third-order valence-electron chi connectivity index (χ3n) is 3.28. The molecule has 0 bridgehead atoms. The number of nitrogens with zero attached hydrogens (tertiary/aromatic N) is 1. The standard InChI is InChI=1S/C15H14F3NO3S/c1-19(12-5-3-11(4-6-12)15(16,17)18)23(20,21)14-9-7-13(22-2)8-10-14/h3-10H,1-2H3. The van der Waals surface area contributed by atoms with Crippen molar-refractivity contribution in [1.29, 1.82) is 0 Å². The number of anilines is 1. The van der Waals surface area contributed by atoms with Crippen LogP contribution >= 0.6 is 0 Å². The van der Waals surface area contributed by atoms with Gasteiger partial charge in [-0.2, -0.15) is 13.2 Å². The Labute approximate surface area is 132 Å². The first kappa shape index (κ1) is 17.1. The lowest BCUT2D eigenvalue weighted by Crippen LogP contribution is -2.26. The van der Waals surface area contributed by atoms with E-state index in [-0.39, 0.29) is 10.6 Å². The molecule has 0 N–H and O–H groups in total. The molecule has 0 saturated carbocycles. The zero-order chi connectivity index (χ0) is 17.3. The molecule has 8 heteroatoms. The van der Waals surface area contributed by atoms with Gasteiger partial charge in [0.25, 0.3) is 10.0 Å².